The Bertz CT molecular complexity index is 862. The van der Waals surface area contributed by atoms with Gasteiger partial charge in [0, 0.05) is 23.7 Å². The van der Waals surface area contributed by atoms with Crippen LogP contribution in [0, 0.1) is 12.7 Å². The number of anilines is 1. The van der Waals surface area contributed by atoms with Crippen molar-refractivity contribution in [3.63, 3.8) is 0 Å². The summed E-state index contributed by atoms with van der Waals surface area (Å²) >= 11 is 0. The molecule has 0 spiro atoms. The minimum atomic E-state index is -0.428. The van der Waals surface area contributed by atoms with E-state index in [0.717, 1.165) is 24.0 Å². The molecule has 0 saturated carbocycles. The maximum atomic E-state index is 14.1. The first-order valence-corrected chi connectivity index (χ1v) is 10.2. The number of hydrogen-bond donors (Lipinski definition) is 2. The van der Waals surface area contributed by atoms with Gasteiger partial charge in [-0.3, -0.25) is 0 Å². The quantitative estimate of drug-likeness (QED) is 0.718. The largest absolute Gasteiger partial charge is 0.322 e. The Morgan fingerprint density at radius 3 is 2.38 bits per heavy atom. The molecule has 1 aliphatic heterocycles. The number of halogens is 1. The monoisotopic (exact) mass is 397 g/mol. The Hall–Kier alpha value is -2.40. The summed E-state index contributed by atoms with van der Waals surface area (Å²) in [6, 6.07) is 14.2. The summed E-state index contributed by atoms with van der Waals surface area (Å²) in [4.78, 5) is 15.2. The van der Waals surface area contributed by atoms with E-state index in [4.69, 9.17) is 0 Å². The number of aryl methyl sites for hydroxylation is 1. The van der Waals surface area contributed by atoms with Crippen LogP contribution in [0.5, 0.6) is 0 Å². The van der Waals surface area contributed by atoms with Gasteiger partial charge >= 0.3 is 6.03 Å². The van der Waals surface area contributed by atoms with Crippen molar-refractivity contribution >= 4 is 11.7 Å². The summed E-state index contributed by atoms with van der Waals surface area (Å²) in [6.07, 6.45) is 1.65. The summed E-state index contributed by atoms with van der Waals surface area (Å²) in [7, 11) is 0. The number of hydrogen-bond acceptors (Lipinski definition) is 2. The van der Waals surface area contributed by atoms with E-state index >= 15 is 0 Å². The Kier molecular flexibility index (Phi) is 5.99. The van der Waals surface area contributed by atoms with Crippen molar-refractivity contribution in [1.82, 2.24) is 10.2 Å². The highest BCUT2D eigenvalue weighted by Crippen LogP contribution is 2.33. The third-order valence-corrected chi connectivity index (χ3v) is 5.42. The Morgan fingerprint density at radius 1 is 1.10 bits per heavy atom. The number of nitrogens with zero attached hydrogens (tertiary/aromatic N) is 1. The van der Waals surface area contributed by atoms with Crippen LogP contribution in [-0.4, -0.2) is 28.1 Å². The average Bonchev–Trinajstić information content (AvgIpc) is 2.59. The molecule has 4 nitrogen and oxygen atoms in total. The Labute approximate surface area is 173 Å². The molecule has 5 heteroatoms. The normalized spacial score (nSPS) is 18.3. The molecule has 2 aromatic rings. The molecular weight excluding hydrogens is 365 g/mol. The number of urea groups is 1. The zero-order valence-electron chi connectivity index (χ0n) is 18.1. The van der Waals surface area contributed by atoms with Gasteiger partial charge in [-0.15, -0.1) is 0 Å². The van der Waals surface area contributed by atoms with E-state index in [1.165, 1.54) is 6.07 Å². The molecule has 1 aliphatic rings. The fraction of sp³-hybridized carbons (Fsp3) is 0.458. The molecule has 0 aliphatic carbocycles. The van der Waals surface area contributed by atoms with E-state index in [-0.39, 0.29) is 28.8 Å². The average molecular weight is 398 g/mol. The lowest BCUT2D eigenvalue weighted by Gasteiger charge is -2.49. The van der Waals surface area contributed by atoms with Gasteiger partial charge in [0.15, 0.2) is 0 Å². The van der Waals surface area contributed by atoms with Crippen molar-refractivity contribution in [2.24, 2.45) is 0 Å². The molecule has 2 amide bonds. The van der Waals surface area contributed by atoms with E-state index in [9.17, 15) is 9.18 Å². The van der Waals surface area contributed by atoms with Crippen LogP contribution in [-0.2, 0) is 6.54 Å². The van der Waals surface area contributed by atoms with Gasteiger partial charge in [-0.1, -0.05) is 42.0 Å². The molecule has 2 N–H and O–H groups in total. The third kappa shape index (κ3) is 5.57. The molecular formula is C24H32FN3O. The van der Waals surface area contributed by atoms with Gasteiger partial charge in [0.1, 0.15) is 5.82 Å². The zero-order chi connectivity index (χ0) is 21.2. The van der Waals surface area contributed by atoms with Gasteiger partial charge < -0.3 is 15.5 Å². The minimum absolute atomic E-state index is 0.0357. The number of carbonyl (C=O) groups is 1. The van der Waals surface area contributed by atoms with Crippen LogP contribution in [0.1, 0.15) is 51.7 Å². The maximum Gasteiger partial charge on any atom is 0.322 e. The predicted octanol–water partition coefficient (Wildman–Crippen LogP) is 5.48. The first-order valence-electron chi connectivity index (χ1n) is 10.2. The number of piperidine rings is 1. The number of amides is 2. The van der Waals surface area contributed by atoms with Crippen LogP contribution in [0.15, 0.2) is 48.5 Å². The van der Waals surface area contributed by atoms with Crippen LogP contribution >= 0.6 is 0 Å². The highest BCUT2D eigenvalue weighted by atomic mass is 19.1. The molecule has 0 aromatic heterocycles. The van der Waals surface area contributed by atoms with Crippen molar-refractivity contribution in [2.75, 3.05) is 5.32 Å². The van der Waals surface area contributed by atoms with Gasteiger partial charge in [0.25, 0.3) is 0 Å². The Morgan fingerprint density at radius 2 is 1.76 bits per heavy atom. The molecule has 29 heavy (non-hydrogen) atoms. The second-order valence-corrected chi connectivity index (χ2v) is 9.48. The standard InChI is InChI=1S/C24H32FN3O/c1-17-9-8-10-18(13-17)16-28(19-14-23(2,3)27-24(4,5)15-19)22(29)26-21-12-7-6-11-20(21)25/h6-13,19,27H,14-16H2,1-5H3,(H,26,29). The molecule has 0 bridgehead atoms. The molecule has 0 atom stereocenters. The lowest BCUT2D eigenvalue weighted by molar-refractivity contribution is 0.0835. The summed E-state index contributed by atoms with van der Waals surface area (Å²) < 4.78 is 14.1. The second kappa shape index (κ2) is 8.15. The van der Waals surface area contributed by atoms with Crippen molar-refractivity contribution < 1.29 is 9.18 Å². The van der Waals surface area contributed by atoms with E-state index in [2.05, 4.69) is 44.4 Å². The molecule has 3 rings (SSSR count). The maximum absolute atomic E-state index is 14.1. The van der Waals surface area contributed by atoms with Crippen molar-refractivity contribution in [3.8, 4) is 0 Å². The molecule has 1 saturated heterocycles. The number of rotatable bonds is 4. The van der Waals surface area contributed by atoms with Crippen molar-refractivity contribution in [3.05, 3.63) is 65.5 Å². The van der Waals surface area contributed by atoms with E-state index in [1.54, 1.807) is 18.2 Å². The topological polar surface area (TPSA) is 44.4 Å². The number of carbonyl (C=O) groups excluding carboxylic acids is 1. The van der Waals surface area contributed by atoms with Crippen LogP contribution in [0.3, 0.4) is 0 Å². The highest BCUT2D eigenvalue weighted by molar-refractivity contribution is 5.89. The smallest absolute Gasteiger partial charge is 0.317 e. The van der Waals surface area contributed by atoms with Crippen LogP contribution in [0.4, 0.5) is 14.9 Å². The van der Waals surface area contributed by atoms with Gasteiger partial charge in [0.05, 0.1) is 5.69 Å². The third-order valence-electron chi connectivity index (χ3n) is 5.42. The van der Waals surface area contributed by atoms with Crippen LogP contribution < -0.4 is 10.6 Å². The van der Waals surface area contributed by atoms with Gasteiger partial charge in [-0.2, -0.15) is 0 Å². The summed E-state index contributed by atoms with van der Waals surface area (Å²) in [5.41, 5.74) is 2.23. The number of nitrogens with one attached hydrogen (secondary N) is 2. The highest BCUT2D eigenvalue weighted by Gasteiger charge is 2.41. The van der Waals surface area contributed by atoms with Crippen molar-refractivity contribution in [2.45, 2.75) is 71.1 Å². The summed E-state index contributed by atoms with van der Waals surface area (Å²) in [6.45, 7) is 11.2. The number of para-hydroxylation sites is 1. The van der Waals surface area contributed by atoms with Gasteiger partial charge in [-0.25, -0.2) is 9.18 Å². The molecule has 156 valence electrons. The number of benzene rings is 2. The SMILES string of the molecule is Cc1cccc(CN(C(=O)Nc2ccccc2F)C2CC(C)(C)NC(C)(C)C2)c1. The van der Waals surface area contributed by atoms with Gasteiger partial charge in [0.2, 0.25) is 0 Å². The van der Waals surface area contributed by atoms with Gasteiger partial charge in [-0.05, 0) is 65.2 Å². The molecule has 0 radical (unpaired) electrons. The first-order chi connectivity index (χ1) is 13.5. The van der Waals surface area contributed by atoms with Crippen molar-refractivity contribution in [1.29, 1.82) is 0 Å². The van der Waals surface area contributed by atoms with Crippen LogP contribution in [0.25, 0.3) is 0 Å². The molecule has 1 fully saturated rings. The predicted molar refractivity (Wildman–Crippen MR) is 116 cm³/mol. The summed E-state index contributed by atoms with van der Waals surface area (Å²) in [5.74, 6) is -0.428. The second-order valence-electron chi connectivity index (χ2n) is 9.48. The lowest BCUT2D eigenvalue weighted by Crippen LogP contribution is -2.63. The summed E-state index contributed by atoms with van der Waals surface area (Å²) in [5, 5.41) is 6.46. The fourth-order valence-corrected chi connectivity index (χ4v) is 4.61. The Balaban J connectivity index is 1.90. The van der Waals surface area contributed by atoms with E-state index < -0.39 is 5.82 Å². The zero-order valence-corrected chi connectivity index (χ0v) is 18.1. The first kappa shape index (κ1) is 21.3. The van der Waals surface area contributed by atoms with E-state index in [0.29, 0.717) is 6.54 Å². The van der Waals surface area contributed by atoms with E-state index in [1.807, 2.05) is 30.0 Å². The molecule has 1 heterocycles. The fourth-order valence-electron chi connectivity index (χ4n) is 4.61. The lowest BCUT2D eigenvalue weighted by atomic mass is 9.79. The molecule has 2 aromatic carbocycles. The minimum Gasteiger partial charge on any atom is -0.317 e. The molecule has 0 unspecified atom stereocenters. The van der Waals surface area contributed by atoms with Crippen LogP contribution in [0.2, 0.25) is 0 Å².